The molecule has 1 unspecified atom stereocenters. The third-order valence-corrected chi connectivity index (χ3v) is 5.32. The van der Waals surface area contributed by atoms with Gasteiger partial charge in [-0.2, -0.15) is 0 Å². The number of hydrogen-bond donors (Lipinski definition) is 0. The molecule has 0 aliphatic rings. The van der Waals surface area contributed by atoms with Crippen molar-refractivity contribution in [3.8, 4) is 0 Å². The Labute approximate surface area is 112 Å². The summed E-state index contributed by atoms with van der Waals surface area (Å²) < 4.78 is 23.8. The van der Waals surface area contributed by atoms with Gasteiger partial charge in [0.1, 0.15) is 0 Å². The van der Waals surface area contributed by atoms with Gasteiger partial charge in [-0.25, -0.2) is 8.42 Å². The van der Waals surface area contributed by atoms with Crippen LogP contribution in [0.2, 0.25) is 0 Å². The van der Waals surface area contributed by atoms with Crippen LogP contribution < -0.4 is 0 Å². The van der Waals surface area contributed by atoms with E-state index in [2.05, 4.69) is 15.9 Å². The lowest BCUT2D eigenvalue weighted by atomic mass is 10.0. The van der Waals surface area contributed by atoms with Crippen molar-refractivity contribution in [2.24, 2.45) is 0 Å². The first kappa shape index (κ1) is 14.7. The highest BCUT2D eigenvalue weighted by atomic mass is 79.9. The van der Waals surface area contributed by atoms with Crippen molar-refractivity contribution in [1.82, 2.24) is 0 Å². The van der Waals surface area contributed by atoms with Crippen molar-refractivity contribution in [3.05, 3.63) is 35.9 Å². The molecular formula is C13H19BrO2S. The standard InChI is InChI=1S/C13H19BrO2S/c1-2-3-9-17(15,16)11-13(10-14)12-7-5-4-6-8-12/h4-8,13H,2-3,9-11H2,1H3. The number of rotatable bonds is 7. The van der Waals surface area contributed by atoms with Crippen LogP contribution in [0.3, 0.4) is 0 Å². The molecule has 0 saturated heterocycles. The summed E-state index contributed by atoms with van der Waals surface area (Å²) in [5.41, 5.74) is 1.09. The highest BCUT2D eigenvalue weighted by molar-refractivity contribution is 9.09. The minimum atomic E-state index is -2.93. The van der Waals surface area contributed by atoms with Crippen LogP contribution in [-0.2, 0) is 9.84 Å². The van der Waals surface area contributed by atoms with E-state index >= 15 is 0 Å². The molecule has 0 fully saturated rings. The van der Waals surface area contributed by atoms with Gasteiger partial charge in [0.2, 0.25) is 0 Å². The van der Waals surface area contributed by atoms with Gasteiger partial charge in [0, 0.05) is 11.2 Å². The molecule has 0 saturated carbocycles. The molecule has 96 valence electrons. The fourth-order valence-electron chi connectivity index (χ4n) is 1.71. The Balaban J connectivity index is 2.71. The zero-order valence-electron chi connectivity index (χ0n) is 10.1. The van der Waals surface area contributed by atoms with E-state index < -0.39 is 9.84 Å². The third-order valence-electron chi connectivity index (χ3n) is 2.72. The second kappa shape index (κ2) is 7.17. The zero-order valence-corrected chi connectivity index (χ0v) is 12.5. The van der Waals surface area contributed by atoms with Gasteiger partial charge >= 0.3 is 0 Å². The molecule has 1 atom stereocenters. The van der Waals surface area contributed by atoms with E-state index in [1.165, 1.54) is 0 Å². The summed E-state index contributed by atoms with van der Waals surface area (Å²) in [6.45, 7) is 2.01. The molecule has 0 radical (unpaired) electrons. The molecule has 4 heteroatoms. The molecule has 0 aliphatic heterocycles. The molecule has 1 aromatic rings. The smallest absolute Gasteiger partial charge is 0.150 e. The van der Waals surface area contributed by atoms with Gasteiger partial charge < -0.3 is 0 Å². The molecule has 0 aliphatic carbocycles. The van der Waals surface area contributed by atoms with Crippen molar-refractivity contribution in [2.45, 2.75) is 25.7 Å². The molecular weight excluding hydrogens is 300 g/mol. The fourth-order valence-corrected chi connectivity index (χ4v) is 4.43. The maximum absolute atomic E-state index is 11.9. The van der Waals surface area contributed by atoms with Gasteiger partial charge in [-0.3, -0.25) is 0 Å². The molecule has 0 bridgehead atoms. The summed E-state index contributed by atoms with van der Waals surface area (Å²) in [4.78, 5) is 0. The lowest BCUT2D eigenvalue weighted by Gasteiger charge is -2.14. The number of hydrogen-bond acceptors (Lipinski definition) is 2. The van der Waals surface area contributed by atoms with Gasteiger partial charge in [0.05, 0.1) is 11.5 Å². The van der Waals surface area contributed by atoms with Crippen molar-refractivity contribution in [2.75, 3.05) is 16.8 Å². The fraction of sp³-hybridized carbons (Fsp3) is 0.538. The molecule has 2 nitrogen and oxygen atoms in total. The van der Waals surface area contributed by atoms with Gasteiger partial charge in [-0.15, -0.1) is 0 Å². The van der Waals surface area contributed by atoms with E-state index in [1.54, 1.807) is 0 Å². The van der Waals surface area contributed by atoms with Crippen molar-refractivity contribution >= 4 is 25.8 Å². The highest BCUT2D eigenvalue weighted by Crippen LogP contribution is 2.20. The van der Waals surface area contributed by atoms with Crippen LogP contribution in [0.15, 0.2) is 30.3 Å². The van der Waals surface area contributed by atoms with E-state index in [4.69, 9.17) is 0 Å². The summed E-state index contributed by atoms with van der Waals surface area (Å²) in [7, 11) is -2.93. The quantitative estimate of drug-likeness (QED) is 0.722. The summed E-state index contributed by atoms with van der Waals surface area (Å²) in [5, 5.41) is 0.683. The number of benzene rings is 1. The van der Waals surface area contributed by atoms with Crippen LogP contribution in [0.5, 0.6) is 0 Å². The Morgan fingerprint density at radius 1 is 1.24 bits per heavy atom. The van der Waals surface area contributed by atoms with Crippen molar-refractivity contribution in [3.63, 3.8) is 0 Å². The molecule has 17 heavy (non-hydrogen) atoms. The first-order valence-electron chi connectivity index (χ1n) is 5.90. The number of sulfone groups is 1. The normalized spacial score (nSPS) is 13.5. The van der Waals surface area contributed by atoms with E-state index in [1.807, 2.05) is 37.3 Å². The highest BCUT2D eigenvalue weighted by Gasteiger charge is 2.19. The van der Waals surface area contributed by atoms with Crippen molar-refractivity contribution < 1.29 is 8.42 Å². The molecule has 0 spiro atoms. The third kappa shape index (κ3) is 5.21. The van der Waals surface area contributed by atoms with Crippen LogP contribution in [-0.4, -0.2) is 25.3 Å². The molecule has 1 aromatic carbocycles. The first-order valence-corrected chi connectivity index (χ1v) is 8.84. The number of alkyl halides is 1. The molecule has 0 heterocycles. The van der Waals surface area contributed by atoms with Crippen molar-refractivity contribution in [1.29, 1.82) is 0 Å². The second-order valence-corrected chi connectivity index (χ2v) is 7.11. The number of unbranched alkanes of at least 4 members (excludes halogenated alkanes) is 1. The Hall–Kier alpha value is -0.350. The van der Waals surface area contributed by atoms with E-state index in [0.29, 0.717) is 11.1 Å². The maximum Gasteiger partial charge on any atom is 0.150 e. The largest absolute Gasteiger partial charge is 0.229 e. The summed E-state index contributed by atoms with van der Waals surface area (Å²) >= 11 is 3.41. The SMILES string of the molecule is CCCCS(=O)(=O)CC(CBr)c1ccccc1. The Kier molecular flexibility index (Phi) is 6.20. The Morgan fingerprint density at radius 3 is 2.41 bits per heavy atom. The monoisotopic (exact) mass is 318 g/mol. The van der Waals surface area contributed by atoms with E-state index in [0.717, 1.165) is 18.4 Å². The zero-order chi connectivity index (χ0) is 12.7. The average molecular weight is 319 g/mol. The molecule has 0 aromatic heterocycles. The Bertz CT molecular complexity index is 414. The number of halogens is 1. The predicted octanol–water partition coefficient (Wildman–Crippen LogP) is 3.38. The predicted molar refractivity (Wildman–Crippen MR) is 76.5 cm³/mol. The van der Waals surface area contributed by atoms with Crippen LogP contribution in [0.25, 0.3) is 0 Å². The first-order chi connectivity index (χ1) is 8.09. The van der Waals surface area contributed by atoms with Crippen LogP contribution in [0, 0.1) is 0 Å². The summed E-state index contributed by atoms with van der Waals surface area (Å²) in [5.74, 6) is 0.598. The van der Waals surface area contributed by atoms with Gasteiger partial charge in [0.25, 0.3) is 0 Å². The van der Waals surface area contributed by atoms with Gasteiger partial charge in [-0.1, -0.05) is 59.6 Å². The van der Waals surface area contributed by atoms with Gasteiger partial charge in [0.15, 0.2) is 9.84 Å². The summed E-state index contributed by atoms with van der Waals surface area (Å²) in [6.07, 6.45) is 1.68. The topological polar surface area (TPSA) is 34.1 Å². The maximum atomic E-state index is 11.9. The second-order valence-electron chi connectivity index (χ2n) is 4.23. The summed E-state index contributed by atoms with van der Waals surface area (Å²) in [6, 6.07) is 9.82. The van der Waals surface area contributed by atoms with Gasteiger partial charge in [-0.05, 0) is 12.0 Å². The lowest BCUT2D eigenvalue weighted by Crippen LogP contribution is -2.18. The van der Waals surface area contributed by atoms with Crippen LogP contribution in [0.4, 0.5) is 0 Å². The van der Waals surface area contributed by atoms with Crippen LogP contribution in [0.1, 0.15) is 31.2 Å². The van der Waals surface area contributed by atoms with E-state index in [9.17, 15) is 8.42 Å². The molecule has 0 amide bonds. The lowest BCUT2D eigenvalue weighted by molar-refractivity contribution is 0.588. The minimum Gasteiger partial charge on any atom is -0.229 e. The van der Waals surface area contributed by atoms with Crippen LogP contribution >= 0.6 is 15.9 Å². The Morgan fingerprint density at radius 2 is 1.88 bits per heavy atom. The average Bonchev–Trinajstić information content (AvgIpc) is 2.35. The minimum absolute atomic E-state index is 0.0538. The van der Waals surface area contributed by atoms with E-state index in [-0.39, 0.29) is 11.7 Å². The molecule has 1 rings (SSSR count). The molecule has 0 N–H and O–H groups in total.